The molecule has 1 heterocycles. The molecule has 0 spiro atoms. The van der Waals surface area contributed by atoms with Gasteiger partial charge in [-0.25, -0.2) is 4.99 Å². The van der Waals surface area contributed by atoms with Crippen molar-refractivity contribution in [2.24, 2.45) is 10.7 Å². The number of nitrogens with two attached hydrogens (primary N) is 1. The van der Waals surface area contributed by atoms with Crippen molar-refractivity contribution in [1.29, 1.82) is 0 Å². The second kappa shape index (κ2) is 9.85. The molecule has 0 radical (unpaired) electrons. The number of carbonyl (C=O) groups excluding carboxylic acids is 1. The van der Waals surface area contributed by atoms with Crippen LogP contribution in [-0.4, -0.2) is 38.2 Å². The summed E-state index contributed by atoms with van der Waals surface area (Å²) in [6.45, 7) is 4.35. The lowest BCUT2D eigenvalue weighted by molar-refractivity contribution is -0.119. The minimum absolute atomic E-state index is 0.00893. The normalized spacial score (nSPS) is 11.3. The van der Waals surface area contributed by atoms with Gasteiger partial charge in [0.1, 0.15) is 12.3 Å². The molecular weight excluding hydrogens is 260 g/mol. The fourth-order valence-corrected chi connectivity index (χ4v) is 1.40. The number of aliphatic imine (C=N–C) groups is 1. The molecule has 0 saturated heterocycles. The number of ether oxygens (including phenoxy) is 1. The third-order valence-electron chi connectivity index (χ3n) is 2.41. The maximum absolute atomic E-state index is 11.5. The first kappa shape index (κ1) is 16.0. The molecule has 0 aliphatic heterocycles. The van der Waals surface area contributed by atoms with Crippen LogP contribution in [0.4, 0.5) is 0 Å². The number of hydrogen-bond acceptors (Lipinski definition) is 4. The van der Waals surface area contributed by atoms with Crippen LogP contribution in [0, 0.1) is 0 Å². The van der Waals surface area contributed by atoms with Crippen LogP contribution in [0.5, 0.6) is 0 Å². The van der Waals surface area contributed by atoms with Gasteiger partial charge in [-0.1, -0.05) is 0 Å². The van der Waals surface area contributed by atoms with Crippen molar-refractivity contribution in [3.05, 3.63) is 24.2 Å². The fourth-order valence-electron chi connectivity index (χ4n) is 1.40. The van der Waals surface area contributed by atoms with Gasteiger partial charge < -0.3 is 25.5 Å². The third kappa shape index (κ3) is 7.42. The lowest BCUT2D eigenvalue weighted by atomic mass is 10.4. The molecule has 7 heteroatoms. The monoisotopic (exact) mass is 282 g/mol. The average molecular weight is 282 g/mol. The summed E-state index contributed by atoms with van der Waals surface area (Å²) in [6.07, 6.45) is 2.40. The zero-order chi connectivity index (χ0) is 14.6. The highest BCUT2D eigenvalue weighted by Gasteiger charge is 2.02. The van der Waals surface area contributed by atoms with E-state index in [0.29, 0.717) is 32.1 Å². The van der Waals surface area contributed by atoms with E-state index >= 15 is 0 Å². The number of rotatable bonds is 9. The quantitative estimate of drug-likeness (QED) is 0.342. The van der Waals surface area contributed by atoms with Gasteiger partial charge in [0.2, 0.25) is 5.91 Å². The van der Waals surface area contributed by atoms with E-state index in [4.69, 9.17) is 14.9 Å². The number of furan rings is 1. The first-order valence-corrected chi connectivity index (χ1v) is 6.63. The smallest absolute Gasteiger partial charge is 0.242 e. The number of carbonyl (C=O) groups is 1. The topological polar surface area (TPSA) is 102 Å². The first-order valence-electron chi connectivity index (χ1n) is 6.63. The molecule has 0 unspecified atom stereocenters. The van der Waals surface area contributed by atoms with Gasteiger partial charge in [-0.2, -0.15) is 0 Å². The molecular formula is C13H22N4O3. The summed E-state index contributed by atoms with van der Waals surface area (Å²) in [5.74, 6) is 0.750. The van der Waals surface area contributed by atoms with Crippen LogP contribution in [0.15, 0.2) is 27.8 Å². The van der Waals surface area contributed by atoms with Gasteiger partial charge in [0.05, 0.1) is 12.8 Å². The standard InChI is InChI=1S/C13H22N4O3/c1-2-19-7-4-6-15-13(14)17-10-12(18)16-9-11-5-3-8-20-11/h3,5,8H,2,4,6-7,9-10H2,1H3,(H,16,18)(H3,14,15,17). The van der Waals surface area contributed by atoms with Gasteiger partial charge in [-0.05, 0) is 25.5 Å². The molecule has 1 aromatic heterocycles. The Balaban J connectivity index is 2.10. The van der Waals surface area contributed by atoms with Gasteiger partial charge in [0, 0.05) is 19.8 Å². The molecule has 0 fully saturated rings. The number of nitrogens with zero attached hydrogens (tertiary/aromatic N) is 1. The number of nitrogens with one attached hydrogen (secondary N) is 2. The summed E-state index contributed by atoms with van der Waals surface area (Å²) in [6, 6.07) is 3.56. The van der Waals surface area contributed by atoms with Gasteiger partial charge >= 0.3 is 0 Å². The Hall–Kier alpha value is -2.02. The Morgan fingerprint density at radius 1 is 1.50 bits per heavy atom. The van der Waals surface area contributed by atoms with Crippen LogP contribution in [0.25, 0.3) is 0 Å². The minimum atomic E-state index is -0.208. The number of amides is 1. The predicted octanol–water partition coefficient (Wildman–Crippen LogP) is 0.227. The van der Waals surface area contributed by atoms with Crippen molar-refractivity contribution in [3.8, 4) is 0 Å². The van der Waals surface area contributed by atoms with Crippen LogP contribution in [0.1, 0.15) is 19.1 Å². The largest absolute Gasteiger partial charge is 0.467 e. The molecule has 0 aromatic carbocycles. The highest BCUT2D eigenvalue weighted by Crippen LogP contribution is 1.98. The lowest BCUT2D eigenvalue weighted by Crippen LogP contribution is -2.34. The molecule has 7 nitrogen and oxygen atoms in total. The minimum Gasteiger partial charge on any atom is -0.467 e. The molecule has 1 aromatic rings. The molecule has 112 valence electrons. The third-order valence-corrected chi connectivity index (χ3v) is 2.41. The van der Waals surface area contributed by atoms with Gasteiger partial charge in [0.15, 0.2) is 5.96 Å². The van der Waals surface area contributed by atoms with Crippen molar-refractivity contribution in [2.45, 2.75) is 19.9 Å². The van der Waals surface area contributed by atoms with Gasteiger partial charge in [-0.15, -0.1) is 0 Å². The predicted molar refractivity (Wildman–Crippen MR) is 76.2 cm³/mol. The molecule has 0 bridgehead atoms. The van der Waals surface area contributed by atoms with Crippen LogP contribution >= 0.6 is 0 Å². The summed E-state index contributed by atoms with van der Waals surface area (Å²) in [5.41, 5.74) is 5.63. The molecule has 1 amide bonds. The van der Waals surface area contributed by atoms with Gasteiger partial charge in [0.25, 0.3) is 0 Å². The zero-order valence-corrected chi connectivity index (χ0v) is 11.7. The van der Waals surface area contributed by atoms with E-state index in [9.17, 15) is 4.79 Å². The van der Waals surface area contributed by atoms with Crippen LogP contribution in [0.2, 0.25) is 0 Å². The van der Waals surface area contributed by atoms with Crippen molar-refractivity contribution >= 4 is 11.9 Å². The summed E-state index contributed by atoms with van der Waals surface area (Å²) < 4.78 is 10.3. The second-order valence-electron chi connectivity index (χ2n) is 4.03. The summed E-state index contributed by atoms with van der Waals surface area (Å²) >= 11 is 0. The summed E-state index contributed by atoms with van der Waals surface area (Å²) in [4.78, 5) is 15.4. The number of guanidine groups is 1. The van der Waals surface area contributed by atoms with Crippen molar-refractivity contribution < 1.29 is 13.9 Å². The molecule has 0 aliphatic rings. The van der Waals surface area contributed by atoms with Crippen molar-refractivity contribution in [2.75, 3.05) is 26.3 Å². The number of hydrogen-bond donors (Lipinski definition) is 3. The fraction of sp³-hybridized carbons (Fsp3) is 0.538. The Kier molecular flexibility index (Phi) is 7.90. The van der Waals surface area contributed by atoms with E-state index in [1.807, 2.05) is 6.92 Å². The van der Waals surface area contributed by atoms with E-state index in [0.717, 1.165) is 6.42 Å². The first-order chi connectivity index (χ1) is 9.72. The van der Waals surface area contributed by atoms with Gasteiger partial charge in [-0.3, -0.25) is 4.79 Å². The maximum atomic E-state index is 11.5. The highest BCUT2D eigenvalue weighted by atomic mass is 16.5. The lowest BCUT2D eigenvalue weighted by Gasteiger charge is -2.05. The van der Waals surface area contributed by atoms with E-state index in [-0.39, 0.29) is 18.4 Å². The molecule has 0 atom stereocenters. The van der Waals surface area contributed by atoms with Crippen molar-refractivity contribution in [3.63, 3.8) is 0 Å². The summed E-state index contributed by atoms with van der Waals surface area (Å²) in [5, 5.41) is 5.60. The maximum Gasteiger partial charge on any atom is 0.242 e. The van der Waals surface area contributed by atoms with E-state index < -0.39 is 0 Å². The van der Waals surface area contributed by atoms with Crippen LogP contribution in [-0.2, 0) is 16.1 Å². The Morgan fingerprint density at radius 3 is 3.05 bits per heavy atom. The Morgan fingerprint density at radius 2 is 2.35 bits per heavy atom. The van der Waals surface area contributed by atoms with E-state index in [1.165, 1.54) is 0 Å². The van der Waals surface area contributed by atoms with E-state index in [1.54, 1.807) is 18.4 Å². The molecule has 20 heavy (non-hydrogen) atoms. The molecule has 1 rings (SSSR count). The zero-order valence-electron chi connectivity index (χ0n) is 11.7. The Bertz CT molecular complexity index is 404. The average Bonchev–Trinajstić information content (AvgIpc) is 2.96. The van der Waals surface area contributed by atoms with Crippen LogP contribution in [0.3, 0.4) is 0 Å². The SMILES string of the molecule is CCOCCCNC(N)=NCC(=O)NCc1ccco1. The van der Waals surface area contributed by atoms with Crippen molar-refractivity contribution in [1.82, 2.24) is 10.6 Å². The molecule has 0 saturated carbocycles. The van der Waals surface area contributed by atoms with E-state index in [2.05, 4.69) is 15.6 Å². The van der Waals surface area contributed by atoms with Crippen LogP contribution < -0.4 is 16.4 Å². The molecule has 4 N–H and O–H groups in total. The molecule has 0 aliphatic carbocycles. The summed E-state index contributed by atoms with van der Waals surface area (Å²) in [7, 11) is 0. The Labute approximate surface area is 118 Å². The second-order valence-corrected chi connectivity index (χ2v) is 4.03. The highest BCUT2D eigenvalue weighted by molar-refractivity contribution is 5.83.